The standard InChI is InChI=1S/C29H40O3Si/c1-8-25-22(2)29(20-19-28(6,7)32-29)31-26(25)21-30-33(27(3,4)5,23-15-11-9-12-16-23)24-17-13-10-14-18-24/h8-18,22,25-26H,1,19-21H2,2-7H3/t22-,25-,26-,29-/m0/s1. The van der Waals surface area contributed by atoms with E-state index in [1.807, 2.05) is 6.08 Å². The molecule has 2 fully saturated rings. The van der Waals surface area contributed by atoms with Crippen molar-refractivity contribution in [2.24, 2.45) is 11.8 Å². The summed E-state index contributed by atoms with van der Waals surface area (Å²) in [6.07, 6.45) is 3.89. The molecule has 2 aromatic carbocycles. The van der Waals surface area contributed by atoms with E-state index in [-0.39, 0.29) is 28.6 Å². The Bertz CT molecular complexity index is 910. The van der Waals surface area contributed by atoms with Gasteiger partial charge in [0.1, 0.15) is 0 Å². The van der Waals surface area contributed by atoms with Gasteiger partial charge >= 0.3 is 0 Å². The first-order chi connectivity index (χ1) is 15.5. The highest BCUT2D eigenvalue weighted by atomic mass is 28.4. The Balaban J connectivity index is 1.70. The lowest BCUT2D eigenvalue weighted by Crippen LogP contribution is -2.67. The Kier molecular flexibility index (Phi) is 6.51. The van der Waals surface area contributed by atoms with Crippen molar-refractivity contribution < 1.29 is 13.9 Å². The van der Waals surface area contributed by atoms with Gasteiger partial charge in [-0.15, -0.1) is 6.58 Å². The molecule has 0 saturated carbocycles. The van der Waals surface area contributed by atoms with E-state index in [1.165, 1.54) is 10.4 Å². The SMILES string of the molecule is C=C[C@@H]1[C@H](CO[Si](c2ccccc2)(c2ccccc2)C(C)(C)C)O[C@]2(CCC(C)(C)O2)[C@H]1C. The van der Waals surface area contributed by atoms with E-state index in [0.29, 0.717) is 6.61 Å². The van der Waals surface area contributed by atoms with Crippen LogP contribution in [0.15, 0.2) is 73.3 Å². The Morgan fingerprint density at radius 1 is 1.00 bits per heavy atom. The van der Waals surface area contributed by atoms with Crippen LogP contribution in [0.3, 0.4) is 0 Å². The smallest absolute Gasteiger partial charge is 0.261 e. The van der Waals surface area contributed by atoms with Crippen molar-refractivity contribution >= 4 is 18.7 Å². The van der Waals surface area contributed by atoms with E-state index >= 15 is 0 Å². The van der Waals surface area contributed by atoms with Crippen molar-refractivity contribution in [3.05, 3.63) is 73.3 Å². The summed E-state index contributed by atoms with van der Waals surface area (Å²) in [7, 11) is -2.62. The van der Waals surface area contributed by atoms with Crippen LogP contribution < -0.4 is 10.4 Å². The quantitative estimate of drug-likeness (QED) is 0.406. The highest BCUT2D eigenvalue weighted by molar-refractivity contribution is 6.99. The van der Waals surface area contributed by atoms with E-state index in [4.69, 9.17) is 13.9 Å². The number of benzene rings is 2. The zero-order valence-corrected chi connectivity index (χ0v) is 22.1. The summed E-state index contributed by atoms with van der Waals surface area (Å²) in [6, 6.07) is 21.6. The van der Waals surface area contributed by atoms with E-state index in [9.17, 15) is 0 Å². The topological polar surface area (TPSA) is 27.7 Å². The monoisotopic (exact) mass is 464 g/mol. The fourth-order valence-corrected chi connectivity index (χ4v) is 10.5. The van der Waals surface area contributed by atoms with Crippen LogP contribution in [0.25, 0.3) is 0 Å². The molecule has 4 rings (SSSR count). The second-order valence-electron chi connectivity index (χ2n) is 11.4. The van der Waals surface area contributed by atoms with Crippen LogP contribution in [0.5, 0.6) is 0 Å². The van der Waals surface area contributed by atoms with Crippen molar-refractivity contribution in [3.63, 3.8) is 0 Å². The molecular weight excluding hydrogens is 424 g/mol. The maximum atomic E-state index is 7.20. The van der Waals surface area contributed by atoms with Crippen LogP contribution in [0.4, 0.5) is 0 Å². The fraction of sp³-hybridized carbons (Fsp3) is 0.517. The molecule has 0 bridgehead atoms. The van der Waals surface area contributed by atoms with Crippen molar-refractivity contribution in [2.75, 3.05) is 6.61 Å². The molecule has 2 heterocycles. The third kappa shape index (κ3) is 4.27. The van der Waals surface area contributed by atoms with Crippen molar-refractivity contribution in [3.8, 4) is 0 Å². The molecule has 33 heavy (non-hydrogen) atoms. The Morgan fingerprint density at radius 2 is 1.55 bits per heavy atom. The molecule has 0 amide bonds. The van der Waals surface area contributed by atoms with Crippen molar-refractivity contribution in [1.82, 2.24) is 0 Å². The molecule has 0 aliphatic carbocycles. The van der Waals surface area contributed by atoms with Gasteiger partial charge in [-0.2, -0.15) is 0 Å². The number of hydrogen-bond acceptors (Lipinski definition) is 3. The average molecular weight is 465 g/mol. The summed E-state index contributed by atoms with van der Waals surface area (Å²) in [5.74, 6) is -0.108. The molecule has 2 saturated heterocycles. The fourth-order valence-electron chi connectivity index (χ4n) is 5.98. The van der Waals surface area contributed by atoms with E-state index in [0.717, 1.165) is 12.8 Å². The molecule has 0 radical (unpaired) electrons. The summed E-state index contributed by atoms with van der Waals surface area (Å²) >= 11 is 0. The van der Waals surface area contributed by atoms with Gasteiger partial charge in [0.2, 0.25) is 0 Å². The summed E-state index contributed by atoms with van der Waals surface area (Å²) in [5.41, 5.74) is -0.159. The first-order valence-electron chi connectivity index (χ1n) is 12.3. The molecule has 3 nitrogen and oxygen atoms in total. The van der Waals surface area contributed by atoms with Crippen LogP contribution in [0.2, 0.25) is 5.04 Å². The lowest BCUT2D eigenvalue weighted by atomic mass is 9.85. The largest absolute Gasteiger partial charge is 0.405 e. The highest BCUT2D eigenvalue weighted by Crippen LogP contribution is 2.52. The minimum absolute atomic E-state index is 0.0624. The molecule has 2 aromatic rings. The lowest BCUT2D eigenvalue weighted by Gasteiger charge is -2.43. The van der Waals surface area contributed by atoms with Crippen LogP contribution in [0.1, 0.15) is 54.4 Å². The van der Waals surface area contributed by atoms with Gasteiger partial charge in [-0.05, 0) is 35.7 Å². The van der Waals surface area contributed by atoms with Gasteiger partial charge in [-0.25, -0.2) is 0 Å². The maximum Gasteiger partial charge on any atom is 0.261 e. The summed E-state index contributed by atoms with van der Waals surface area (Å²) in [4.78, 5) is 0. The van der Waals surface area contributed by atoms with Crippen molar-refractivity contribution in [2.45, 2.75) is 76.9 Å². The average Bonchev–Trinajstić information content (AvgIpc) is 3.23. The van der Waals surface area contributed by atoms with Gasteiger partial charge in [-0.3, -0.25) is 0 Å². The van der Waals surface area contributed by atoms with Gasteiger partial charge in [-0.1, -0.05) is 94.4 Å². The number of hydrogen-bond donors (Lipinski definition) is 0. The van der Waals surface area contributed by atoms with Crippen molar-refractivity contribution in [1.29, 1.82) is 0 Å². The molecule has 4 heteroatoms. The Morgan fingerprint density at radius 3 is 1.97 bits per heavy atom. The summed E-state index contributed by atoms with van der Waals surface area (Å²) < 4.78 is 20.5. The Hall–Kier alpha value is -1.72. The number of rotatable bonds is 6. The lowest BCUT2D eigenvalue weighted by molar-refractivity contribution is -0.252. The molecule has 4 atom stereocenters. The third-order valence-electron chi connectivity index (χ3n) is 7.73. The highest BCUT2D eigenvalue weighted by Gasteiger charge is 2.59. The van der Waals surface area contributed by atoms with Crippen LogP contribution in [-0.4, -0.2) is 32.4 Å². The second-order valence-corrected chi connectivity index (χ2v) is 15.7. The van der Waals surface area contributed by atoms with Gasteiger partial charge < -0.3 is 13.9 Å². The third-order valence-corrected chi connectivity index (χ3v) is 12.7. The molecule has 1 spiro atoms. The van der Waals surface area contributed by atoms with E-state index in [1.54, 1.807) is 0 Å². The first kappa shape index (κ1) is 24.4. The second kappa shape index (κ2) is 8.81. The zero-order valence-electron chi connectivity index (χ0n) is 21.1. The van der Waals surface area contributed by atoms with Gasteiger partial charge in [0, 0.05) is 18.3 Å². The molecule has 178 valence electrons. The predicted octanol–water partition coefficient (Wildman–Crippen LogP) is 5.69. The van der Waals surface area contributed by atoms with Crippen LogP contribution in [0, 0.1) is 11.8 Å². The maximum absolute atomic E-state index is 7.20. The van der Waals surface area contributed by atoms with E-state index in [2.05, 4.69) is 109 Å². The first-order valence-corrected chi connectivity index (χ1v) is 14.2. The molecule has 0 unspecified atom stereocenters. The zero-order chi connectivity index (χ0) is 23.9. The van der Waals surface area contributed by atoms with Gasteiger partial charge in [0.15, 0.2) is 5.79 Å². The molecular formula is C29H40O3Si. The van der Waals surface area contributed by atoms with E-state index < -0.39 is 14.1 Å². The predicted molar refractivity (Wildman–Crippen MR) is 138 cm³/mol. The molecule has 0 N–H and O–H groups in total. The molecule has 2 aliphatic rings. The van der Waals surface area contributed by atoms with Gasteiger partial charge in [0.25, 0.3) is 8.32 Å². The minimum atomic E-state index is -2.62. The normalized spacial score (nSPS) is 29.5. The van der Waals surface area contributed by atoms with Crippen LogP contribution >= 0.6 is 0 Å². The number of ether oxygens (including phenoxy) is 2. The molecule has 0 aromatic heterocycles. The molecule has 2 aliphatic heterocycles. The Labute approximate surface area is 201 Å². The van der Waals surface area contributed by atoms with Gasteiger partial charge in [0.05, 0.1) is 18.3 Å². The summed E-state index contributed by atoms with van der Waals surface area (Å²) in [5, 5.41) is 2.52. The summed E-state index contributed by atoms with van der Waals surface area (Å²) in [6.45, 7) is 18.2. The minimum Gasteiger partial charge on any atom is -0.405 e. The van der Waals surface area contributed by atoms with Crippen LogP contribution in [-0.2, 0) is 13.9 Å².